The van der Waals surface area contributed by atoms with Gasteiger partial charge in [0, 0.05) is 5.75 Å². The molecule has 12 heavy (non-hydrogen) atoms. The molecule has 0 saturated heterocycles. The predicted octanol–water partition coefficient (Wildman–Crippen LogP) is 1.27. The van der Waals surface area contributed by atoms with Gasteiger partial charge in [-0.1, -0.05) is 23.1 Å². The Kier molecular flexibility index (Phi) is 3.90. The van der Waals surface area contributed by atoms with E-state index >= 15 is 0 Å². The predicted molar refractivity (Wildman–Crippen MR) is 47.4 cm³/mol. The van der Waals surface area contributed by atoms with Gasteiger partial charge in [-0.2, -0.15) is 0 Å². The Balaban J connectivity index is 2.33. The SMILES string of the molecule is Cc1nnc(SCC(O)CF)s1. The highest BCUT2D eigenvalue weighted by Gasteiger charge is 2.06. The van der Waals surface area contributed by atoms with Gasteiger partial charge >= 0.3 is 0 Å². The summed E-state index contributed by atoms with van der Waals surface area (Å²) in [5.74, 6) is 0.338. The molecular weight excluding hydrogens is 199 g/mol. The number of aliphatic hydroxyl groups is 1. The lowest BCUT2D eigenvalue weighted by Crippen LogP contribution is -2.11. The molecule has 1 atom stereocenters. The first kappa shape index (κ1) is 9.88. The molecule has 0 fully saturated rings. The first-order valence-corrected chi connectivity index (χ1v) is 5.19. The summed E-state index contributed by atoms with van der Waals surface area (Å²) in [5, 5.41) is 17.4. The molecule has 0 radical (unpaired) electrons. The van der Waals surface area contributed by atoms with Crippen molar-refractivity contribution >= 4 is 23.1 Å². The Labute approximate surface area is 78.0 Å². The molecule has 0 bridgehead atoms. The highest BCUT2D eigenvalue weighted by atomic mass is 32.2. The first-order chi connectivity index (χ1) is 5.72. The smallest absolute Gasteiger partial charge is 0.174 e. The van der Waals surface area contributed by atoms with Gasteiger partial charge in [-0.3, -0.25) is 0 Å². The summed E-state index contributed by atoms with van der Waals surface area (Å²) >= 11 is 2.78. The van der Waals surface area contributed by atoms with Crippen molar-refractivity contribution in [2.45, 2.75) is 17.4 Å². The molecule has 1 heterocycles. The van der Waals surface area contributed by atoms with E-state index in [0.29, 0.717) is 5.75 Å². The summed E-state index contributed by atoms with van der Waals surface area (Å²) in [6, 6.07) is 0. The van der Waals surface area contributed by atoms with Gasteiger partial charge in [0.05, 0.1) is 6.10 Å². The van der Waals surface area contributed by atoms with Gasteiger partial charge in [-0.05, 0) is 6.92 Å². The lowest BCUT2D eigenvalue weighted by molar-refractivity contribution is 0.162. The zero-order chi connectivity index (χ0) is 8.97. The molecule has 0 aliphatic rings. The van der Waals surface area contributed by atoms with Crippen molar-refractivity contribution < 1.29 is 9.50 Å². The zero-order valence-electron chi connectivity index (χ0n) is 6.53. The first-order valence-electron chi connectivity index (χ1n) is 3.39. The van der Waals surface area contributed by atoms with Crippen LogP contribution in [0.3, 0.4) is 0 Å². The minimum atomic E-state index is -0.890. The molecule has 68 valence electrons. The zero-order valence-corrected chi connectivity index (χ0v) is 8.16. The van der Waals surface area contributed by atoms with Gasteiger partial charge in [-0.25, -0.2) is 4.39 Å². The van der Waals surface area contributed by atoms with Gasteiger partial charge < -0.3 is 5.11 Å². The van der Waals surface area contributed by atoms with E-state index in [2.05, 4.69) is 10.2 Å². The molecule has 0 aliphatic heterocycles. The van der Waals surface area contributed by atoms with E-state index < -0.39 is 12.8 Å². The fourth-order valence-corrected chi connectivity index (χ4v) is 2.29. The average Bonchev–Trinajstić information content (AvgIpc) is 2.47. The molecule has 1 rings (SSSR count). The van der Waals surface area contributed by atoms with E-state index in [0.717, 1.165) is 9.35 Å². The number of halogens is 1. The van der Waals surface area contributed by atoms with Crippen LogP contribution in [-0.2, 0) is 0 Å². The molecule has 3 nitrogen and oxygen atoms in total. The van der Waals surface area contributed by atoms with Gasteiger partial charge in [0.2, 0.25) is 0 Å². The average molecular weight is 208 g/mol. The molecule has 0 aliphatic carbocycles. The van der Waals surface area contributed by atoms with Crippen LogP contribution in [0.1, 0.15) is 5.01 Å². The van der Waals surface area contributed by atoms with Crippen molar-refractivity contribution in [3.63, 3.8) is 0 Å². The number of aromatic nitrogens is 2. The highest BCUT2D eigenvalue weighted by molar-refractivity contribution is 8.01. The second-order valence-electron chi connectivity index (χ2n) is 2.21. The van der Waals surface area contributed by atoms with E-state index in [1.807, 2.05) is 6.92 Å². The fourth-order valence-electron chi connectivity index (χ4n) is 0.549. The Hall–Kier alpha value is -0.200. The van der Waals surface area contributed by atoms with E-state index in [-0.39, 0.29) is 0 Å². The van der Waals surface area contributed by atoms with Crippen molar-refractivity contribution in [1.82, 2.24) is 10.2 Å². The Morgan fingerprint density at radius 3 is 2.92 bits per heavy atom. The summed E-state index contributed by atoms with van der Waals surface area (Å²) in [6.45, 7) is 1.15. The van der Waals surface area contributed by atoms with E-state index in [4.69, 9.17) is 5.11 Å². The molecule has 6 heteroatoms. The molecule has 1 aromatic heterocycles. The summed E-state index contributed by atoms with van der Waals surface area (Å²) in [7, 11) is 0. The van der Waals surface area contributed by atoms with Crippen LogP contribution in [0.15, 0.2) is 4.34 Å². The van der Waals surface area contributed by atoms with E-state index in [1.165, 1.54) is 23.1 Å². The largest absolute Gasteiger partial charge is 0.390 e. The number of thioether (sulfide) groups is 1. The van der Waals surface area contributed by atoms with Gasteiger partial charge in [-0.15, -0.1) is 10.2 Å². The Bertz CT molecular complexity index is 243. The third kappa shape index (κ3) is 3.04. The van der Waals surface area contributed by atoms with Crippen LogP contribution in [-0.4, -0.2) is 33.8 Å². The second-order valence-corrected chi connectivity index (χ2v) is 4.65. The normalized spacial score (nSPS) is 13.2. The molecule has 0 aromatic carbocycles. The van der Waals surface area contributed by atoms with Crippen LogP contribution in [0.2, 0.25) is 0 Å². The number of hydrogen-bond acceptors (Lipinski definition) is 5. The van der Waals surface area contributed by atoms with Crippen molar-refractivity contribution in [3.05, 3.63) is 5.01 Å². The minimum absolute atomic E-state index is 0.338. The monoisotopic (exact) mass is 208 g/mol. The lowest BCUT2D eigenvalue weighted by atomic mass is 10.5. The number of aliphatic hydroxyl groups excluding tert-OH is 1. The maximum absolute atomic E-state index is 11.8. The van der Waals surface area contributed by atoms with Crippen LogP contribution < -0.4 is 0 Å². The summed E-state index contributed by atoms with van der Waals surface area (Å²) in [6.07, 6.45) is -0.890. The number of alkyl halides is 1. The second kappa shape index (κ2) is 4.74. The third-order valence-corrected chi connectivity index (χ3v) is 3.20. The van der Waals surface area contributed by atoms with Crippen LogP contribution in [0.25, 0.3) is 0 Å². The molecule has 0 amide bonds. The van der Waals surface area contributed by atoms with Crippen LogP contribution in [0.5, 0.6) is 0 Å². The Morgan fingerprint density at radius 1 is 1.67 bits per heavy atom. The quantitative estimate of drug-likeness (QED) is 0.757. The summed E-state index contributed by atoms with van der Waals surface area (Å²) in [4.78, 5) is 0. The lowest BCUT2D eigenvalue weighted by Gasteiger charge is -2.01. The van der Waals surface area contributed by atoms with Crippen LogP contribution in [0.4, 0.5) is 4.39 Å². The number of rotatable bonds is 4. The fraction of sp³-hybridized carbons (Fsp3) is 0.667. The molecular formula is C6H9FN2OS2. The number of hydrogen-bond donors (Lipinski definition) is 1. The van der Waals surface area contributed by atoms with E-state index in [1.54, 1.807) is 0 Å². The summed E-state index contributed by atoms with van der Waals surface area (Å²) < 4.78 is 12.6. The molecule has 1 aromatic rings. The molecule has 1 N–H and O–H groups in total. The van der Waals surface area contributed by atoms with Gasteiger partial charge in [0.25, 0.3) is 0 Å². The highest BCUT2D eigenvalue weighted by Crippen LogP contribution is 2.22. The molecule has 1 unspecified atom stereocenters. The van der Waals surface area contributed by atoms with Crippen molar-refractivity contribution in [2.24, 2.45) is 0 Å². The van der Waals surface area contributed by atoms with Crippen molar-refractivity contribution in [1.29, 1.82) is 0 Å². The third-order valence-electron chi connectivity index (χ3n) is 1.08. The van der Waals surface area contributed by atoms with Gasteiger partial charge in [0.1, 0.15) is 11.7 Å². The topological polar surface area (TPSA) is 46.0 Å². The van der Waals surface area contributed by atoms with Crippen molar-refractivity contribution in [3.8, 4) is 0 Å². The van der Waals surface area contributed by atoms with Gasteiger partial charge in [0.15, 0.2) is 4.34 Å². The number of aryl methyl sites for hydroxylation is 1. The minimum Gasteiger partial charge on any atom is -0.390 e. The Morgan fingerprint density at radius 2 is 2.42 bits per heavy atom. The molecule has 0 saturated carbocycles. The van der Waals surface area contributed by atoms with Crippen LogP contribution >= 0.6 is 23.1 Å². The molecule has 0 spiro atoms. The number of nitrogens with zero attached hydrogens (tertiary/aromatic N) is 2. The summed E-state index contributed by atoms with van der Waals surface area (Å²) in [5.41, 5.74) is 0. The standard InChI is InChI=1S/C6H9FN2OS2/c1-4-8-9-6(12-4)11-3-5(10)2-7/h5,10H,2-3H2,1H3. The maximum atomic E-state index is 11.8. The van der Waals surface area contributed by atoms with Crippen molar-refractivity contribution in [2.75, 3.05) is 12.4 Å². The van der Waals surface area contributed by atoms with E-state index in [9.17, 15) is 4.39 Å². The van der Waals surface area contributed by atoms with Crippen LogP contribution in [0, 0.1) is 6.92 Å². The maximum Gasteiger partial charge on any atom is 0.174 e.